The maximum atomic E-state index is 5.65. The molecule has 5 nitrogen and oxygen atoms in total. The SMILES string of the molecule is COc1cc2nc(C)n(Cc3ccc(C(N)=S)cc3)c2cc1OC. The van der Waals surface area contributed by atoms with E-state index in [1.807, 2.05) is 43.3 Å². The second kappa shape index (κ2) is 6.49. The van der Waals surface area contributed by atoms with E-state index in [4.69, 9.17) is 27.4 Å². The van der Waals surface area contributed by atoms with Gasteiger partial charge in [0.1, 0.15) is 10.8 Å². The molecular formula is C18H19N3O2S. The number of thiocarbonyl (C=S) groups is 1. The average Bonchev–Trinajstić information content (AvgIpc) is 2.88. The van der Waals surface area contributed by atoms with Gasteiger partial charge < -0.3 is 19.8 Å². The number of nitrogens with zero attached hydrogens (tertiary/aromatic N) is 2. The molecule has 0 atom stereocenters. The van der Waals surface area contributed by atoms with Crippen LogP contribution in [0, 0.1) is 6.92 Å². The summed E-state index contributed by atoms with van der Waals surface area (Å²) in [6, 6.07) is 11.8. The zero-order chi connectivity index (χ0) is 17.3. The molecule has 0 amide bonds. The molecule has 0 radical (unpaired) electrons. The summed E-state index contributed by atoms with van der Waals surface area (Å²) in [5.41, 5.74) is 9.54. The second-order valence-electron chi connectivity index (χ2n) is 5.50. The number of hydrogen-bond acceptors (Lipinski definition) is 4. The fraction of sp³-hybridized carbons (Fsp3) is 0.222. The Morgan fingerprint density at radius 2 is 1.75 bits per heavy atom. The van der Waals surface area contributed by atoms with E-state index in [0.717, 1.165) is 28.0 Å². The van der Waals surface area contributed by atoms with Crippen LogP contribution in [0.5, 0.6) is 11.5 Å². The molecule has 2 aromatic carbocycles. The normalized spacial score (nSPS) is 10.8. The molecule has 0 saturated carbocycles. The third-order valence-electron chi connectivity index (χ3n) is 4.02. The molecule has 3 aromatic rings. The molecule has 0 aliphatic carbocycles. The van der Waals surface area contributed by atoms with Crippen molar-refractivity contribution in [3.63, 3.8) is 0 Å². The van der Waals surface area contributed by atoms with Gasteiger partial charge in [0.2, 0.25) is 0 Å². The second-order valence-corrected chi connectivity index (χ2v) is 5.94. The predicted molar refractivity (Wildman–Crippen MR) is 99.0 cm³/mol. The van der Waals surface area contributed by atoms with Crippen molar-refractivity contribution < 1.29 is 9.47 Å². The van der Waals surface area contributed by atoms with E-state index < -0.39 is 0 Å². The van der Waals surface area contributed by atoms with E-state index in [-0.39, 0.29) is 0 Å². The quantitative estimate of drug-likeness (QED) is 0.723. The van der Waals surface area contributed by atoms with Crippen molar-refractivity contribution >= 4 is 28.2 Å². The highest BCUT2D eigenvalue weighted by Crippen LogP contribution is 2.32. The topological polar surface area (TPSA) is 62.3 Å². The molecule has 2 N–H and O–H groups in total. The first-order valence-electron chi connectivity index (χ1n) is 7.51. The summed E-state index contributed by atoms with van der Waals surface area (Å²) >= 11 is 4.99. The summed E-state index contributed by atoms with van der Waals surface area (Å²) in [4.78, 5) is 5.03. The van der Waals surface area contributed by atoms with Crippen molar-refractivity contribution in [2.75, 3.05) is 14.2 Å². The molecule has 0 fully saturated rings. The Kier molecular flexibility index (Phi) is 4.40. The molecule has 0 spiro atoms. The highest BCUT2D eigenvalue weighted by Gasteiger charge is 2.13. The lowest BCUT2D eigenvalue weighted by molar-refractivity contribution is 0.355. The molecule has 124 valence electrons. The number of aromatic nitrogens is 2. The zero-order valence-corrected chi connectivity index (χ0v) is 14.7. The number of aryl methyl sites for hydroxylation is 1. The molecule has 0 aliphatic rings. The number of methoxy groups -OCH3 is 2. The van der Waals surface area contributed by atoms with Gasteiger partial charge in [-0.15, -0.1) is 0 Å². The van der Waals surface area contributed by atoms with E-state index >= 15 is 0 Å². The van der Waals surface area contributed by atoms with Crippen LogP contribution in [0.4, 0.5) is 0 Å². The minimum Gasteiger partial charge on any atom is -0.493 e. The monoisotopic (exact) mass is 341 g/mol. The third-order valence-corrected chi connectivity index (χ3v) is 4.26. The lowest BCUT2D eigenvalue weighted by atomic mass is 10.1. The van der Waals surface area contributed by atoms with Gasteiger partial charge in [-0.3, -0.25) is 0 Å². The van der Waals surface area contributed by atoms with Crippen LogP contribution >= 0.6 is 12.2 Å². The molecular weight excluding hydrogens is 322 g/mol. The standard InChI is InChI=1S/C18H19N3O2S/c1-11-20-14-8-16(22-2)17(23-3)9-15(14)21(11)10-12-4-6-13(7-5-12)18(19)24/h4-9H,10H2,1-3H3,(H2,19,24). The summed E-state index contributed by atoms with van der Waals surface area (Å²) in [5.74, 6) is 2.30. The summed E-state index contributed by atoms with van der Waals surface area (Å²) in [7, 11) is 3.25. The van der Waals surface area contributed by atoms with Gasteiger partial charge in [-0.2, -0.15) is 0 Å². The van der Waals surface area contributed by atoms with E-state index in [1.165, 1.54) is 0 Å². The highest BCUT2D eigenvalue weighted by atomic mass is 32.1. The van der Waals surface area contributed by atoms with E-state index in [9.17, 15) is 0 Å². The average molecular weight is 341 g/mol. The third kappa shape index (κ3) is 2.92. The van der Waals surface area contributed by atoms with E-state index in [0.29, 0.717) is 23.0 Å². The Morgan fingerprint density at radius 3 is 2.33 bits per heavy atom. The Balaban J connectivity index is 2.02. The van der Waals surface area contributed by atoms with Crippen molar-refractivity contribution in [3.8, 4) is 11.5 Å². The molecule has 6 heteroatoms. The largest absolute Gasteiger partial charge is 0.493 e. The molecule has 0 saturated heterocycles. The van der Waals surface area contributed by atoms with Crippen LogP contribution in [-0.4, -0.2) is 28.8 Å². The van der Waals surface area contributed by atoms with Gasteiger partial charge in [0, 0.05) is 24.2 Å². The molecule has 1 heterocycles. The summed E-state index contributed by atoms with van der Waals surface area (Å²) in [6.07, 6.45) is 0. The van der Waals surface area contributed by atoms with Crippen LogP contribution in [0.15, 0.2) is 36.4 Å². The summed E-state index contributed by atoms with van der Waals surface area (Å²) < 4.78 is 12.9. The number of nitrogens with two attached hydrogens (primary N) is 1. The van der Waals surface area contributed by atoms with Crippen LogP contribution in [0.2, 0.25) is 0 Å². The molecule has 0 unspecified atom stereocenters. The smallest absolute Gasteiger partial charge is 0.163 e. The first kappa shape index (κ1) is 16.3. The minimum absolute atomic E-state index is 0.405. The number of benzene rings is 2. The van der Waals surface area contributed by atoms with Crippen molar-refractivity contribution in [2.45, 2.75) is 13.5 Å². The van der Waals surface area contributed by atoms with Crippen LogP contribution in [0.25, 0.3) is 11.0 Å². The number of rotatable bonds is 5. The van der Waals surface area contributed by atoms with Crippen molar-refractivity contribution in [1.82, 2.24) is 9.55 Å². The molecule has 24 heavy (non-hydrogen) atoms. The van der Waals surface area contributed by atoms with Gasteiger partial charge in [0.15, 0.2) is 11.5 Å². The van der Waals surface area contributed by atoms with Crippen LogP contribution in [0.3, 0.4) is 0 Å². The van der Waals surface area contributed by atoms with E-state index in [2.05, 4.69) is 9.55 Å². The van der Waals surface area contributed by atoms with Crippen molar-refractivity contribution in [2.24, 2.45) is 5.73 Å². The molecule has 1 aromatic heterocycles. The Labute approximate surface area is 146 Å². The molecule has 0 bridgehead atoms. The Hall–Kier alpha value is -2.60. The van der Waals surface area contributed by atoms with Gasteiger partial charge in [0.05, 0.1) is 25.3 Å². The molecule has 3 rings (SSSR count). The predicted octanol–water partition coefficient (Wildman–Crippen LogP) is 3.04. The maximum absolute atomic E-state index is 5.65. The lowest BCUT2D eigenvalue weighted by Gasteiger charge is -2.10. The van der Waals surface area contributed by atoms with Gasteiger partial charge in [-0.05, 0) is 12.5 Å². The minimum atomic E-state index is 0.405. The van der Waals surface area contributed by atoms with Crippen molar-refractivity contribution in [3.05, 3.63) is 53.3 Å². The highest BCUT2D eigenvalue weighted by molar-refractivity contribution is 7.80. The first-order valence-corrected chi connectivity index (χ1v) is 7.92. The lowest BCUT2D eigenvalue weighted by Crippen LogP contribution is -2.09. The molecule has 0 aliphatic heterocycles. The Bertz CT molecular complexity index is 901. The van der Waals surface area contributed by atoms with E-state index in [1.54, 1.807) is 14.2 Å². The fourth-order valence-corrected chi connectivity index (χ4v) is 2.86. The van der Waals surface area contributed by atoms with Gasteiger partial charge in [-0.1, -0.05) is 36.5 Å². The zero-order valence-electron chi connectivity index (χ0n) is 13.9. The number of fused-ring (bicyclic) bond motifs is 1. The summed E-state index contributed by atoms with van der Waals surface area (Å²) in [5, 5.41) is 0. The van der Waals surface area contributed by atoms with Gasteiger partial charge in [0.25, 0.3) is 0 Å². The Morgan fingerprint density at radius 1 is 1.12 bits per heavy atom. The number of hydrogen-bond donors (Lipinski definition) is 1. The summed E-state index contributed by atoms with van der Waals surface area (Å²) in [6.45, 7) is 2.69. The van der Waals surface area contributed by atoms with Gasteiger partial charge in [-0.25, -0.2) is 4.98 Å². The van der Waals surface area contributed by atoms with Crippen LogP contribution in [-0.2, 0) is 6.54 Å². The number of imidazole rings is 1. The van der Waals surface area contributed by atoms with Crippen molar-refractivity contribution in [1.29, 1.82) is 0 Å². The van der Waals surface area contributed by atoms with Crippen LogP contribution in [0.1, 0.15) is 17.0 Å². The first-order chi connectivity index (χ1) is 11.5. The maximum Gasteiger partial charge on any atom is 0.163 e. The number of ether oxygens (including phenoxy) is 2. The van der Waals surface area contributed by atoms with Crippen LogP contribution < -0.4 is 15.2 Å². The van der Waals surface area contributed by atoms with Gasteiger partial charge >= 0.3 is 0 Å². The fourth-order valence-electron chi connectivity index (χ4n) is 2.73.